The van der Waals surface area contributed by atoms with E-state index in [0.717, 1.165) is 24.3 Å². The summed E-state index contributed by atoms with van der Waals surface area (Å²) in [6.45, 7) is 4.44. The van der Waals surface area contributed by atoms with Crippen molar-refractivity contribution in [3.05, 3.63) is 23.8 Å². The molecule has 2 heterocycles. The van der Waals surface area contributed by atoms with Gasteiger partial charge < -0.3 is 19.9 Å². The number of hydrogen-bond donors (Lipinski definition) is 1. The van der Waals surface area contributed by atoms with Gasteiger partial charge >= 0.3 is 12.1 Å². The average Bonchev–Trinajstić information content (AvgIpc) is 3.12. The van der Waals surface area contributed by atoms with Crippen molar-refractivity contribution in [2.24, 2.45) is 0 Å². The van der Waals surface area contributed by atoms with E-state index < -0.39 is 24.0 Å². The predicted molar refractivity (Wildman–Crippen MR) is 93.6 cm³/mol. The number of carbonyl (C=O) groups excluding carboxylic acids is 2. The third-order valence-corrected chi connectivity index (χ3v) is 4.91. The number of alkyl halides is 3. The molecule has 2 fully saturated rings. The van der Waals surface area contributed by atoms with Crippen molar-refractivity contribution in [3.8, 4) is 0 Å². The lowest BCUT2D eigenvalue weighted by molar-refractivity contribution is -0.186. The number of halogens is 3. The van der Waals surface area contributed by atoms with E-state index in [9.17, 15) is 22.8 Å². The Labute approximate surface area is 155 Å². The molecular formula is C18H22F3N3O3. The number of hydrogen-bond acceptors (Lipinski definition) is 4. The fourth-order valence-corrected chi connectivity index (χ4v) is 3.42. The van der Waals surface area contributed by atoms with Gasteiger partial charge in [0.1, 0.15) is 6.04 Å². The molecule has 2 saturated heterocycles. The fourth-order valence-electron chi connectivity index (χ4n) is 3.42. The summed E-state index contributed by atoms with van der Waals surface area (Å²) in [7, 11) is 0. The molecule has 0 aromatic heterocycles. The minimum Gasteiger partial charge on any atom is -0.378 e. The summed E-state index contributed by atoms with van der Waals surface area (Å²) in [5.41, 5.74) is 2.25. The zero-order valence-electron chi connectivity index (χ0n) is 15.0. The molecule has 2 amide bonds. The monoisotopic (exact) mass is 385 g/mol. The molecule has 0 bridgehead atoms. The number of likely N-dealkylation sites (tertiary alicyclic amines) is 1. The third-order valence-electron chi connectivity index (χ3n) is 4.91. The van der Waals surface area contributed by atoms with Crippen molar-refractivity contribution in [2.45, 2.75) is 32.0 Å². The van der Waals surface area contributed by atoms with Crippen LogP contribution in [0.15, 0.2) is 18.2 Å². The van der Waals surface area contributed by atoms with Crippen LogP contribution >= 0.6 is 0 Å². The first-order valence-corrected chi connectivity index (χ1v) is 8.89. The second-order valence-corrected chi connectivity index (χ2v) is 6.74. The summed E-state index contributed by atoms with van der Waals surface area (Å²) in [5, 5.41) is 2.71. The van der Waals surface area contributed by atoms with E-state index in [-0.39, 0.29) is 13.0 Å². The Kier molecular flexibility index (Phi) is 5.59. The number of aryl methyl sites for hydroxylation is 1. The Hall–Kier alpha value is -2.29. The summed E-state index contributed by atoms with van der Waals surface area (Å²) >= 11 is 0. The van der Waals surface area contributed by atoms with Gasteiger partial charge in [-0.25, -0.2) is 0 Å². The van der Waals surface area contributed by atoms with Crippen LogP contribution in [0.1, 0.15) is 18.4 Å². The molecular weight excluding hydrogens is 363 g/mol. The Morgan fingerprint density at radius 2 is 1.89 bits per heavy atom. The SMILES string of the molecule is Cc1ccc(N2CCOCC2)cc1NC(=O)C1CCCN1C(=O)C(F)(F)F. The lowest BCUT2D eigenvalue weighted by Gasteiger charge is -2.29. The number of anilines is 2. The Morgan fingerprint density at radius 3 is 2.56 bits per heavy atom. The molecule has 0 aliphatic carbocycles. The molecule has 148 valence electrons. The van der Waals surface area contributed by atoms with Crippen molar-refractivity contribution in [2.75, 3.05) is 43.1 Å². The Morgan fingerprint density at radius 1 is 1.19 bits per heavy atom. The van der Waals surface area contributed by atoms with Gasteiger partial charge in [-0.15, -0.1) is 0 Å². The highest BCUT2D eigenvalue weighted by Crippen LogP contribution is 2.28. The quantitative estimate of drug-likeness (QED) is 0.868. The van der Waals surface area contributed by atoms with Gasteiger partial charge in [0.15, 0.2) is 0 Å². The van der Waals surface area contributed by atoms with E-state index in [4.69, 9.17) is 4.74 Å². The molecule has 3 rings (SSSR count). The molecule has 1 atom stereocenters. The van der Waals surface area contributed by atoms with Gasteiger partial charge in [0, 0.05) is 31.0 Å². The van der Waals surface area contributed by atoms with Crippen LogP contribution in [0.4, 0.5) is 24.5 Å². The van der Waals surface area contributed by atoms with E-state index in [2.05, 4.69) is 10.2 Å². The number of amides is 2. The third kappa shape index (κ3) is 4.35. The van der Waals surface area contributed by atoms with Crippen molar-refractivity contribution >= 4 is 23.2 Å². The second-order valence-electron chi connectivity index (χ2n) is 6.74. The van der Waals surface area contributed by atoms with E-state index >= 15 is 0 Å². The van der Waals surface area contributed by atoms with Gasteiger partial charge in [-0.1, -0.05) is 6.07 Å². The first-order chi connectivity index (χ1) is 12.8. The smallest absolute Gasteiger partial charge is 0.378 e. The highest BCUT2D eigenvalue weighted by atomic mass is 19.4. The van der Waals surface area contributed by atoms with Crippen molar-refractivity contribution < 1.29 is 27.5 Å². The number of nitrogens with one attached hydrogen (secondary N) is 1. The highest BCUT2D eigenvalue weighted by molar-refractivity contribution is 5.99. The van der Waals surface area contributed by atoms with Crippen molar-refractivity contribution in [1.29, 1.82) is 0 Å². The summed E-state index contributed by atoms with van der Waals surface area (Å²) < 4.78 is 43.6. The van der Waals surface area contributed by atoms with Crippen LogP contribution < -0.4 is 10.2 Å². The highest BCUT2D eigenvalue weighted by Gasteiger charge is 2.47. The fraction of sp³-hybridized carbons (Fsp3) is 0.556. The molecule has 2 aliphatic heterocycles. The lowest BCUT2D eigenvalue weighted by Crippen LogP contribution is -2.48. The molecule has 0 radical (unpaired) electrons. The van der Waals surface area contributed by atoms with Crippen LogP contribution in [0.25, 0.3) is 0 Å². The zero-order chi connectivity index (χ0) is 19.6. The largest absolute Gasteiger partial charge is 0.471 e. The second kappa shape index (κ2) is 7.75. The molecule has 6 nitrogen and oxygen atoms in total. The number of ether oxygens (including phenoxy) is 1. The molecule has 1 unspecified atom stereocenters. The van der Waals surface area contributed by atoms with Crippen LogP contribution in [0, 0.1) is 6.92 Å². The summed E-state index contributed by atoms with van der Waals surface area (Å²) in [5.74, 6) is -2.55. The maximum Gasteiger partial charge on any atom is 0.471 e. The first-order valence-electron chi connectivity index (χ1n) is 8.89. The van der Waals surface area contributed by atoms with E-state index in [0.29, 0.717) is 30.2 Å². The average molecular weight is 385 g/mol. The van der Waals surface area contributed by atoms with Gasteiger partial charge in [-0.05, 0) is 37.5 Å². The molecule has 1 aromatic carbocycles. The normalized spacial score (nSPS) is 20.7. The van der Waals surface area contributed by atoms with Gasteiger partial charge in [-0.3, -0.25) is 9.59 Å². The lowest BCUT2D eigenvalue weighted by atomic mass is 10.1. The van der Waals surface area contributed by atoms with Crippen LogP contribution in [0.2, 0.25) is 0 Å². The van der Waals surface area contributed by atoms with Crippen LogP contribution in [0.3, 0.4) is 0 Å². The number of nitrogens with zero attached hydrogens (tertiary/aromatic N) is 2. The summed E-state index contributed by atoms with van der Waals surface area (Å²) in [6.07, 6.45) is -4.39. The topological polar surface area (TPSA) is 61.9 Å². The molecule has 27 heavy (non-hydrogen) atoms. The molecule has 1 N–H and O–H groups in total. The van der Waals surface area contributed by atoms with Gasteiger partial charge in [0.05, 0.1) is 13.2 Å². The molecule has 9 heteroatoms. The maximum atomic E-state index is 12.7. The van der Waals surface area contributed by atoms with E-state index in [1.165, 1.54) is 0 Å². The van der Waals surface area contributed by atoms with Gasteiger partial charge in [-0.2, -0.15) is 13.2 Å². The Bertz CT molecular complexity index is 718. The molecule has 0 saturated carbocycles. The Balaban J connectivity index is 1.74. The van der Waals surface area contributed by atoms with Crippen LogP contribution in [-0.4, -0.2) is 61.8 Å². The molecule has 0 spiro atoms. The zero-order valence-corrected chi connectivity index (χ0v) is 15.0. The predicted octanol–water partition coefficient (Wildman–Crippen LogP) is 2.32. The number of morpholine rings is 1. The first kappa shape index (κ1) is 19.5. The minimum absolute atomic E-state index is 0.0662. The van der Waals surface area contributed by atoms with E-state index in [1.54, 1.807) is 0 Å². The van der Waals surface area contributed by atoms with Crippen LogP contribution in [0.5, 0.6) is 0 Å². The van der Waals surface area contributed by atoms with Gasteiger partial charge in [0.2, 0.25) is 5.91 Å². The van der Waals surface area contributed by atoms with Crippen molar-refractivity contribution in [1.82, 2.24) is 4.90 Å². The number of benzene rings is 1. The summed E-state index contributed by atoms with van der Waals surface area (Å²) in [4.78, 5) is 26.9. The maximum absolute atomic E-state index is 12.7. The molecule has 1 aromatic rings. The number of carbonyl (C=O) groups is 2. The standard InChI is InChI=1S/C18H22F3N3O3/c1-12-4-5-13(23-7-9-27-10-8-23)11-14(12)22-16(25)15-3-2-6-24(15)17(26)18(19,20)21/h4-5,11,15H,2-3,6-10H2,1H3,(H,22,25). The van der Waals surface area contributed by atoms with Gasteiger partial charge in [0.25, 0.3) is 0 Å². The van der Waals surface area contributed by atoms with E-state index in [1.807, 2.05) is 25.1 Å². The molecule has 2 aliphatic rings. The van der Waals surface area contributed by atoms with Crippen molar-refractivity contribution in [3.63, 3.8) is 0 Å². The van der Waals surface area contributed by atoms with Crippen LogP contribution in [-0.2, 0) is 14.3 Å². The number of rotatable bonds is 3. The summed E-state index contributed by atoms with van der Waals surface area (Å²) in [6, 6.07) is 4.49. The minimum atomic E-state index is -4.98.